The van der Waals surface area contributed by atoms with Gasteiger partial charge in [-0.05, 0) is 37.3 Å². The number of aromatic nitrogens is 4. The monoisotopic (exact) mass is 351 g/mol. The molecule has 0 spiro atoms. The Hall–Kier alpha value is -1.44. The molecule has 8 heteroatoms. The predicted octanol–water partition coefficient (Wildman–Crippen LogP) is 3.16. The van der Waals surface area contributed by atoms with Crippen LogP contribution in [0.25, 0.3) is 11.0 Å². The molecule has 4 rings (SSSR count). The van der Waals surface area contributed by atoms with E-state index in [2.05, 4.69) is 20.4 Å². The zero-order chi connectivity index (χ0) is 16.5. The second kappa shape index (κ2) is 6.82. The van der Waals surface area contributed by atoms with Gasteiger partial charge in [0.2, 0.25) is 5.28 Å². The van der Waals surface area contributed by atoms with Gasteiger partial charge in [-0.15, -0.1) is 0 Å². The van der Waals surface area contributed by atoms with Gasteiger partial charge in [-0.2, -0.15) is 15.1 Å². The predicted molar refractivity (Wildman–Crippen MR) is 91.2 cm³/mol. The van der Waals surface area contributed by atoms with E-state index in [4.69, 9.17) is 21.1 Å². The number of fused-ring (bicyclic) bond motifs is 1. The van der Waals surface area contributed by atoms with Crippen molar-refractivity contribution in [3.05, 3.63) is 11.5 Å². The molecule has 1 aliphatic heterocycles. The summed E-state index contributed by atoms with van der Waals surface area (Å²) in [5, 5.41) is 9.13. The van der Waals surface area contributed by atoms with Crippen molar-refractivity contribution >= 4 is 28.5 Å². The van der Waals surface area contributed by atoms with Crippen LogP contribution in [-0.4, -0.2) is 45.6 Å². The average molecular weight is 352 g/mol. The summed E-state index contributed by atoms with van der Waals surface area (Å²) in [6.07, 6.45) is 8.47. The first-order valence-electron chi connectivity index (χ1n) is 8.56. The van der Waals surface area contributed by atoms with Gasteiger partial charge in [0.25, 0.3) is 0 Å². The summed E-state index contributed by atoms with van der Waals surface area (Å²) in [4.78, 5) is 8.77. The lowest BCUT2D eigenvalue weighted by Crippen LogP contribution is -2.17. The van der Waals surface area contributed by atoms with Crippen LogP contribution in [0.1, 0.15) is 44.8 Å². The zero-order valence-electron chi connectivity index (χ0n) is 13.7. The van der Waals surface area contributed by atoms with Gasteiger partial charge in [0, 0.05) is 13.2 Å². The minimum absolute atomic E-state index is 0.104. The lowest BCUT2D eigenvalue weighted by Gasteiger charge is -2.15. The van der Waals surface area contributed by atoms with E-state index in [0.29, 0.717) is 12.6 Å². The molecule has 2 aliphatic rings. The fraction of sp³-hybridized carbons (Fsp3) is 0.688. The molecule has 2 aromatic heterocycles. The number of ether oxygens (including phenoxy) is 2. The highest BCUT2D eigenvalue weighted by molar-refractivity contribution is 6.28. The molecule has 0 aromatic carbocycles. The summed E-state index contributed by atoms with van der Waals surface area (Å²) < 4.78 is 13.0. The number of methoxy groups -OCH3 is 1. The summed E-state index contributed by atoms with van der Waals surface area (Å²) in [5.74, 6) is 0.773. The van der Waals surface area contributed by atoms with Gasteiger partial charge in [0.1, 0.15) is 5.82 Å². The van der Waals surface area contributed by atoms with Crippen molar-refractivity contribution in [1.29, 1.82) is 0 Å². The van der Waals surface area contributed by atoms with Crippen LogP contribution in [0.15, 0.2) is 6.20 Å². The SMILES string of the molecule is COCC1CCC(n2ncc3c(NC4CCCC4)nc(Cl)nc32)O1. The van der Waals surface area contributed by atoms with Gasteiger partial charge < -0.3 is 14.8 Å². The minimum Gasteiger partial charge on any atom is -0.382 e. The highest BCUT2D eigenvalue weighted by Gasteiger charge is 2.29. The van der Waals surface area contributed by atoms with Gasteiger partial charge in [-0.1, -0.05) is 12.8 Å². The van der Waals surface area contributed by atoms with E-state index in [1.807, 2.05) is 4.68 Å². The Bertz CT molecular complexity index is 716. The van der Waals surface area contributed by atoms with Gasteiger partial charge in [-0.3, -0.25) is 0 Å². The normalized spacial score (nSPS) is 24.9. The number of halogens is 1. The second-order valence-corrected chi connectivity index (χ2v) is 6.88. The first kappa shape index (κ1) is 16.1. The molecule has 2 aromatic rings. The van der Waals surface area contributed by atoms with E-state index in [0.717, 1.165) is 29.7 Å². The quantitative estimate of drug-likeness (QED) is 0.834. The Balaban J connectivity index is 1.62. The van der Waals surface area contributed by atoms with Gasteiger partial charge in [0.15, 0.2) is 11.9 Å². The van der Waals surface area contributed by atoms with Crippen molar-refractivity contribution < 1.29 is 9.47 Å². The van der Waals surface area contributed by atoms with Crippen LogP contribution in [0.3, 0.4) is 0 Å². The summed E-state index contributed by atoms with van der Waals surface area (Å²) in [5.41, 5.74) is 0.721. The molecule has 1 saturated carbocycles. The molecule has 130 valence electrons. The Morgan fingerprint density at radius 1 is 1.29 bits per heavy atom. The molecule has 24 heavy (non-hydrogen) atoms. The van der Waals surface area contributed by atoms with Crippen molar-refractivity contribution in [2.75, 3.05) is 19.0 Å². The maximum atomic E-state index is 6.16. The fourth-order valence-electron chi connectivity index (χ4n) is 3.66. The van der Waals surface area contributed by atoms with Crippen molar-refractivity contribution in [1.82, 2.24) is 19.7 Å². The third-order valence-corrected chi connectivity index (χ3v) is 5.00. The van der Waals surface area contributed by atoms with E-state index in [1.54, 1.807) is 13.3 Å². The number of anilines is 1. The standard InChI is InChI=1S/C16H22ClN5O2/c1-23-9-11-6-7-13(24-11)22-15-12(8-18-22)14(20-16(17)21-15)19-10-4-2-3-5-10/h8,10-11,13H,2-7,9H2,1H3,(H,19,20,21). The smallest absolute Gasteiger partial charge is 0.226 e. The first-order valence-corrected chi connectivity index (χ1v) is 8.94. The van der Waals surface area contributed by atoms with Crippen LogP contribution in [0.2, 0.25) is 5.28 Å². The topological polar surface area (TPSA) is 74.1 Å². The van der Waals surface area contributed by atoms with Crippen LogP contribution in [0.4, 0.5) is 5.82 Å². The second-order valence-electron chi connectivity index (χ2n) is 6.54. The molecule has 3 heterocycles. The number of nitrogens with one attached hydrogen (secondary N) is 1. The molecule has 0 radical (unpaired) electrons. The molecule has 1 N–H and O–H groups in total. The lowest BCUT2D eigenvalue weighted by atomic mass is 10.2. The third kappa shape index (κ3) is 3.08. The molecule has 7 nitrogen and oxygen atoms in total. The molecular weight excluding hydrogens is 330 g/mol. The van der Waals surface area contributed by atoms with Gasteiger partial charge >= 0.3 is 0 Å². The van der Waals surface area contributed by atoms with Crippen molar-refractivity contribution in [3.8, 4) is 0 Å². The Morgan fingerprint density at radius 3 is 2.92 bits per heavy atom. The maximum Gasteiger partial charge on any atom is 0.226 e. The Kier molecular flexibility index (Phi) is 4.56. The van der Waals surface area contributed by atoms with Crippen LogP contribution in [0.5, 0.6) is 0 Å². The lowest BCUT2D eigenvalue weighted by molar-refractivity contribution is -0.0350. The van der Waals surface area contributed by atoms with Crippen molar-refractivity contribution in [2.24, 2.45) is 0 Å². The molecule has 2 atom stereocenters. The molecule has 0 bridgehead atoms. The van der Waals surface area contributed by atoms with E-state index < -0.39 is 0 Å². The summed E-state index contributed by atoms with van der Waals surface area (Å²) >= 11 is 6.16. The largest absolute Gasteiger partial charge is 0.382 e. The van der Waals surface area contributed by atoms with Crippen LogP contribution < -0.4 is 5.32 Å². The summed E-state index contributed by atoms with van der Waals surface area (Å²) in [6.45, 7) is 0.597. The number of rotatable bonds is 5. The zero-order valence-corrected chi connectivity index (χ0v) is 14.5. The maximum absolute atomic E-state index is 6.16. The molecule has 2 fully saturated rings. The minimum atomic E-state index is -0.132. The molecule has 0 amide bonds. The molecule has 1 saturated heterocycles. The van der Waals surface area contributed by atoms with E-state index in [-0.39, 0.29) is 17.6 Å². The number of hydrogen-bond acceptors (Lipinski definition) is 6. The van der Waals surface area contributed by atoms with E-state index in [1.165, 1.54) is 25.7 Å². The van der Waals surface area contributed by atoms with Gasteiger partial charge in [0.05, 0.1) is 24.3 Å². The van der Waals surface area contributed by atoms with Crippen molar-refractivity contribution in [2.45, 2.75) is 56.9 Å². The Morgan fingerprint density at radius 2 is 2.12 bits per heavy atom. The van der Waals surface area contributed by atoms with Crippen LogP contribution >= 0.6 is 11.6 Å². The van der Waals surface area contributed by atoms with E-state index >= 15 is 0 Å². The van der Waals surface area contributed by atoms with Crippen LogP contribution in [0, 0.1) is 0 Å². The summed E-state index contributed by atoms with van der Waals surface area (Å²) in [6, 6.07) is 0.455. The fourth-order valence-corrected chi connectivity index (χ4v) is 3.82. The average Bonchev–Trinajstić information content (AvgIpc) is 3.27. The van der Waals surface area contributed by atoms with Crippen LogP contribution in [-0.2, 0) is 9.47 Å². The molecule has 2 unspecified atom stereocenters. The Labute approximate surface area is 145 Å². The third-order valence-electron chi connectivity index (χ3n) is 4.83. The highest BCUT2D eigenvalue weighted by Crippen LogP contribution is 2.33. The first-order chi connectivity index (χ1) is 11.7. The highest BCUT2D eigenvalue weighted by atomic mass is 35.5. The van der Waals surface area contributed by atoms with Gasteiger partial charge in [-0.25, -0.2) is 4.68 Å². The van der Waals surface area contributed by atoms with Crippen molar-refractivity contribution in [3.63, 3.8) is 0 Å². The number of nitrogens with zero attached hydrogens (tertiary/aromatic N) is 4. The van der Waals surface area contributed by atoms with E-state index in [9.17, 15) is 0 Å². The molecule has 1 aliphatic carbocycles. The summed E-state index contributed by atoms with van der Waals surface area (Å²) in [7, 11) is 1.69. The number of hydrogen-bond donors (Lipinski definition) is 1. The molecular formula is C16H22ClN5O2.